The largest absolute Gasteiger partial charge is 0.493 e. The summed E-state index contributed by atoms with van der Waals surface area (Å²) in [4.78, 5) is 54.8. The molecule has 4 aromatic rings. The van der Waals surface area contributed by atoms with Gasteiger partial charge in [-0.1, -0.05) is 47.4 Å². The molecule has 1 aromatic heterocycles. The molecule has 0 saturated carbocycles. The molecule has 49 heavy (non-hydrogen) atoms. The molecule has 0 bridgehead atoms. The number of thiazole rings is 1. The molecule has 0 radical (unpaired) electrons. The SMILES string of the molecule is COc1ccc([C@@H]2c3sc(=O)n(CC(=O)Nc4ccccc4C(F)(F)F)c3S[C@H]3C(=O)N(c4cccc(C(F)(F)F)c4)C(=O)[C@@H]23)cc1OC. The number of benzene rings is 3. The predicted molar refractivity (Wildman–Crippen MR) is 167 cm³/mol. The molecule has 1 fully saturated rings. The lowest BCUT2D eigenvalue weighted by Gasteiger charge is -2.31. The van der Waals surface area contributed by atoms with E-state index in [4.69, 9.17) is 9.47 Å². The van der Waals surface area contributed by atoms with Gasteiger partial charge in [0.1, 0.15) is 11.8 Å². The van der Waals surface area contributed by atoms with Crippen molar-refractivity contribution in [3.05, 3.63) is 98.0 Å². The smallest absolute Gasteiger partial charge is 0.418 e. The van der Waals surface area contributed by atoms with Gasteiger partial charge in [-0.25, -0.2) is 4.90 Å². The number of hydrogen-bond donors (Lipinski definition) is 1. The second-order valence-electron chi connectivity index (χ2n) is 10.9. The summed E-state index contributed by atoms with van der Waals surface area (Å²) in [7, 11) is 2.77. The van der Waals surface area contributed by atoms with E-state index >= 15 is 0 Å². The van der Waals surface area contributed by atoms with E-state index in [-0.39, 0.29) is 21.3 Å². The van der Waals surface area contributed by atoms with Crippen LogP contribution in [0.2, 0.25) is 0 Å². The Morgan fingerprint density at radius 2 is 1.57 bits per heavy atom. The number of nitrogens with zero attached hydrogens (tertiary/aromatic N) is 2. The highest BCUT2D eigenvalue weighted by atomic mass is 32.2. The van der Waals surface area contributed by atoms with Crippen molar-refractivity contribution in [2.24, 2.45) is 5.92 Å². The van der Waals surface area contributed by atoms with Crippen LogP contribution in [0.25, 0.3) is 0 Å². The molecular weight excluding hydrogens is 700 g/mol. The minimum Gasteiger partial charge on any atom is -0.493 e. The lowest BCUT2D eigenvalue weighted by molar-refractivity contribution is -0.138. The van der Waals surface area contributed by atoms with Crippen molar-refractivity contribution in [3.8, 4) is 11.5 Å². The molecule has 256 valence electrons. The van der Waals surface area contributed by atoms with Crippen LogP contribution < -0.4 is 24.6 Å². The summed E-state index contributed by atoms with van der Waals surface area (Å²) in [5, 5.41) is 1.06. The van der Waals surface area contributed by atoms with Crippen molar-refractivity contribution in [1.29, 1.82) is 0 Å². The summed E-state index contributed by atoms with van der Waals surface area (Å²) in [5.41, 5.74) is -2.59. The number of nitrogens with one attached hydrogen (secondary N) is 1. The normalized spacial score (nSPS) is 19.0. The van der Waals surface area contributed by atoms with Gasteiger partial charge in [0.05, 0.1) is 47.7 Å². The maximum Gasteiger partial charge on any atom is 0.418 e. The first-order valence-corrected chi connectivity index (χ1v) is 16.0. The minimum atomic E-state index is -4.78. The number of halogens is 6. The molecule has 0 unspecified atom stereocenters. The number of carbonyl (C=O) groups is 3. The van der Waals surface area contributed by atoms with Gasteiger partial charge in [0.25, 0.3) is 0 Å². The van der Waals surface area contributed by atoms with E-state index in [0.29, 0.717) is 33.6 Å². The molecule has 0 aliphatic carbocycles. The molecule has 3 aromatic carbocycles. The third-order valence-electron chi connectivity index (χ3n) is 8.06. The van der Waals surface area contributed by atoms with E-state index in [1.807, 2.05) is 0 Å². The number of ether oxygens (including phenoxy) is 2. The Labute approximate surface area is 281 Å². The Morgan fingerprint density at radius 3 is 2.24 bits per heavy atom. The number of amides is 3. The molecule has 1 N–H and O–H groups in total. The number of fused-ring (bicyclic) bond motifs is 2. The predicted octanol–water partition coefficient (Wildman–Crippen LogP) is 6.40. The Kier molecular flexibility index (Phi) is 8.77. The molecule has 0 spiro atoms. The number of methoxy groups -OCH3 is 2. The van der Waals surface area contributed by atoms with Crippen LogP contribution in [0.4, 0.5) is 37.7 Å². The fraction of sp³-hybridized carbons (Fsp3) is 0.250. The van der Waals surface area contributed by atoms with Crippen LogP contribution in [0.15, 0.2) is 76.6 Å². The standard InChI is InChI=1S/C32H23F6N3O6S2/c1-46-20-11-10-15(12-21(20)47-2)23-24-25(28(44)41(27(24)43)17-7-5-6-16(13-17)31(33,34)35)48-29-26(23)49-30(45)40(29)14-22(42)39-19-9-4-3-8-18(19)32(36,37)38/h3-13,23-25H,14H2,1-2H3,(H,39,42)/t23-,24-,25+/m0/s1. The molecular formula is C32H23F6N3O6S2. The van der Waals surface area contributed by atoms with Crippen molar-refractivity contribution in [3.63, 3.8) is 0 Å². The van der Waals surface area contributed by atoms with Crippen LogP contribution in [0.3, 0.4) is 0 Å². The first-order valence-electron chi connectivity index (χ1n) is 14.3. The maximum absolute atomic E-state index is 14.1. The van der Waals surface area contributed by atoms with Crippen molar-refractivity contribution >= 4 is 52.2 Å². The Hall–Kier alpha value is -4.77. The van der Waals surface area contributed by atoms with E-state index in [1.54, 1.807) is 18.2 Å². The van der Waals surface area contributed by atoms with Crippen molar-refractivity contribution in [2.45, 2.75) is 35.1 Å². The van der Waals surface area contributed by atoms with E-state index in [1.165, 1.54) is 26.4 Å². The van der Waals surface area contributed by atoms with Crippen molar-refractivity contribution in [2.75, 3.05) is 24.4 Å². The number of aromatic nitrogens is 1. The summed E-state index contributed by atoms with van der Waals surface area (Å²) >= 11 is 1.47. The van der Waals surface area contributed by atoms with E-state index in [9.17, 15) is 45.5 Å². The monoisotopic (exact) mass is 723 g/mol. The molecule has 3 amide bonds. The molecule has 1 saturated heterocycles. The van der Waals surface area contributed by atoms with E-state index in [2.05, 4.69) is 5.32 Å². The van der Waals surface area contributed by atoms with Crippen molar-refractivity contribution < 1.29 is 50.2 Å². The quantitative estimate of drug-likeness (QED) is 0.174. The summed E-state index contributed by atoms with van der Waals surface area (Å²) in [6.07, 6.45) is -9.53. The van der Waals surface area contributed by atoms with Gasteiger partial charge in [0.15, 0.2) is 11.5 Å². The van der Waals surface area contributed by atoms with Crippen LogP contribution in [0, 0.1) is 5.92 Å². The van der Waals surface area contributed by atoms with Crippen LogP contribution >= 0.6 is 23.1 Å². The van der Waals surface area contributed by atoms with Gasteiger partial charge in [-0.3, -0.25) is 23.7 Å². The Bertz CT molecular complexity index is 2040. The second kappa shape index (κ2) is 12.6. The first-order chi connectivity index (χ1) is 23.1. The van der Waals surface area contributed by atoms with Gasteiger partial charge in [-0.05, 0) is 48.0 Å². The van der Waals surface area contributed by atoms with Crippen LogP contribution in [-0.4, -0.2) is 41.8 Å². The lowest BCUT2D eigenvalue weighted by atomic mass is 9.83. The highest BCUT2D eigenvalue weighted by Gasteiger charge is 2.57. The topological polar surface area (TPSA) is 107 Å². The summed E-state index contributed by atoms with van der Waals surface area (Å²) < 4.78 is 93.1. The number of alkyl halides is 6. The fourth-order valence-corrected chi connectivity index (χ4v) is 8.68. The number of para-hydroxylation sites is 1. The zero-order chi connectivity index (χ0) is 35.4. The molecule has 3 atom stereocenters. The third kappa shape index (κ3) is 6.16. The van der Waals surface area contributed by atoms with Gasteiger partial charge in [-0.15, -0.1) is 0 Å². The molecule has 3 heterocycles. The summed E-state index contributed by atoms with van der Waals surface area (Å²) in [5.74, 6) is -4.25. The number of thioether (sulfide) groups is 1. The summed E-state index contributed by atoms with van der Waals surface area (Å²) in [6.45, 7) is -0.737. The highest BCUT2D eigenvalue weighted by Crippen LogP contribution is 2.54. The van der Waals surface area contributed by atoms with Gasteiger partial charge < -0.3 is 14.8 Å². The van der Waals surface area contributed by atoms with Crippen molar-refractivity contribution in [1.82, 2.24) is 4.57 Å². The van der Waals surface area contributed by atoms with Gasteiger partial charge in [0, 0.05) is 10.8 Å². The Balaban J connectivity index is 1.43. The van der Waals surface area contributed by atoms with Gasteiger partial charge in [-0.2, -0.15) is 26.3 Å². The number of rotatable bonds is 7. The molecule has 17 heteroatoms. The third-order valence-corrected chi connectivity index (χ3v) is 10.7. The molecule has 2 aliphatic rings. The minimum absolute atomic E-state index is 0.113. The zero-order valence-electron chi connectivity index (χ0n) is 25.2. The maximum atomic E-state index is 14.1. The lowest BCUT2D eigenvalue weighted by Crippen LogP contribution is -2.33. The zero-order valence-corrected chi connectivity index (χ0v) is 26.9. The number of imide groups is 1. The average Bonchev–Trinajstić information content (AvgIpc) is 3.49. The highest BCUT2D eigenvalue weighted by molar-refractivity contribution is 8.00. The van der Waals surface area contributed by atoms with E-state index < -0.39 is 75.4 Å². The average molecular weight is 724 g/mol. The number of carbonyl (C=O) groups excluding carboxylic acids is 3. The molecule has 6 rings (SSSR count). The molecule has 9 nitrogen and oxygen atoms in total. The number of hydrogen-bond acceptors (Lipinski definition) is 8. The molecule has 2 aliphatic heterocycles. The second-order valence-corrected chi connectivity index (χ2v) is 13.1. The number of anilines is 2. The fourth-order valence-electron chi connectivity index (χ4n) is 5.91. The van der Waals surface area contributed by atoms with Crippen LogP contribution in [-0.2, 0) is 33.3 Å². The van der Waals surface area contributed by atoms with Gasteiger partial charge in [0.2, 0.25) is 17.7 Å². The van der Waals surface area contributed by atoms with Gasteiger partial charge >= 0.3 is 17.2 Å². The Morgan fingerprint density at radius 1 is 0.857 bits per heavy atom. The first kappa shape index (κ1) is 34.1. The van der Waals surface area contributed by atoms with Crippen LogP contribution in [0.1, 0.15) is 27.5 Å². The van der Waals surface area contributed by atoms with Crippen LogP contribution in [0.5, 0.6) is 11.5 Å². The van der Waals surface area contributed by atoms with E-state index in [0.717, 1.165) is 46.7 Å². The summed E-state index contributed by atoms with van der Waals surface area (Å²) in [6, 6.07) is 12.7.